The molecule has 0 aliphatic rings. The van der Waals surface area contributed by atoms with Crippen LogP contribution < -0.4 is 14.8 Å². The molecule has 0 spiro atoms. The second-order valence-corrected chi connectivity index (χ2v) is 7.51. The van der Waals surface area contributed by atoms with Crippen LogP contribution in [0.5, 0.6) is 11.5 Å². The van der Waals surface area contributed by atoms with Crippen LogP contribution in [0, 0.1) is 0 Å². The third kappa shape index (κ3) is 4.60. The zero-order chi connectivity index (χ0) is 20.9. The van der Waals surface area contributed by atoms with Gasteiger partial charge in [0.25, 0.3) is 0 Å². The minimum atomic E-state index is -0.136. The number of hydrogen-bond acceptors (Lipinski definition) is 7. The van der Waals surface area contributed by atoms with E-state index in [1.54, 1.807) is 13.3 Å². The van der Waals surface area contributed by atoms with E-state index in [9.17, 15) is 4.79 Å². The van der Waals surface area contributed by atoms with Gasteiger partial charge in [0.15, 0.2) is 16.8 Å². The van der Waals surface area contributed by atoms with Gasteiger partial charge < -0.3 is 19.2 Å². The van der Waals surface area contributed by atoms with Crippen LogP contribution in [0.15, 0.2) is 53.1 Å². The molecule has 1 N–H and O–H groups in total. The molecule has 154 valence electrons. The van der Waals surface area contributed by atoms with Gasteiger partial charge in [-0.25, -0.2) is 9.97 Å². The van der Waals surface area contributed by atoms with Gasteiger partial charge in [-0.3, -0.25) is 4.79 Å². The summed E-state index contributed by atoms with van der Waals surface area (Å²) in [6, 6.07) is 13.2. The lowest BCUT2D eigenvalue weighted by atomic mass is 10.2. The number of aromatic nitrogens is 2. The van der Waals surface area contributed by atoms with E-state index in [1.807, 2.05) is 49.4 Å². The number of methoxy groups -OCH3 is 1. The smallest absolute Gasteiger partial charge is 0.226 e. The van der Waals surface area contributed by atoms with Crippen molar-refractivity contribution in [2.45, 2.75) is 19.8 Å². The summed E-state index contributed by atoms with van der Waals surface area (Å²) in [5, 5.41) is 3.41. The van der Waals surface area contributed by atoms with E-state index in [4.69, 9.17) is 13.9 Å². The molecule has 1 amide bonds. The molecule has 0 aliphatic carbocycles. The Morgan fingerprint density at radius 2 is 1.97 bits per heavy atom. The van der Waals surface area contributed by atoms with Crippen molar-refractivity contribution in [3.05, 3.63) is 54.6 Å². The number of nitrogens with zero attached hydrogens (tertiary/aromatic N) is 2. The predicted molar refractivity (Wildman–Crippen MR) is 116 cm³/mol. The topological polar surface area (TPSA) is 86.5 Å². The average molecular weight is 423 g/mol. The Morgan fingerprint density at radius 3 is 2.73 bits per heavy atom. The third-order valence-corrected chi connectivity index (χ3v) is 5.34. The number of rotatable bonds is 8. The number of carbonyl (C=O) groups is 1. The highest BCUT2D eigenvalue weighted by atomic mass is 32.1. The summed E-state index contributed by atoms with van der Waals surface area (Å²) in [5.74, 6) is 2.61. The number of hydrogen-bond donors (Lipinski definition) is 1. The Morgan fingerprint density at radius 1 is 1.17 bits per heavy atom. The van der Waals surface area contributed by atoms with Crippen molar-refractivity contribution < 1.29 is 18.7 Å². The Labute approximate surface area is 177 Å². The van der Waals surface area contributed by atoms with E-state index in [0.717, 1.165) is 27.3 Å². The van der Waals surface area contributed by atoms with Crippen LogP contribution in [0.4, 0.5) is 5.13 Å². The van der Waals surface area contributed by atoms with Crippen molar-refractivity contribution in [1.29, 1.82) is 0 Å². The number of carbonyl (C=O) groups excluding carboxylic acids is 1. The lowest BCUT2D eigenvalue weighted by Gasteiger charge is -2.01. The molecule has 4 rings (SSSR count). The summed E-state index contributed by atoms with van der Waals surface area (Å²) in [6.07, 6.45) is 2.32. The lowest BCUT2D eigenvalue weighted by Crippen LogP contribution is -2.12. The van der Waals surface area contributed by atoms with Gasteiger partial charge in [-0.15, -0.1) is 0 Å². The zero-order valence-electron chi connectivity index (χ0n) is 16.7. The van der Waals surface area contributed by atoms with E-state index in [0.29, 0.717) is 29.8 Å². The number of aryl methyl sites for hydroxylation is 1. The number of benzene rings is 2. The first-order valence-electron chi connectivity index (χ1n) is 9.57. The van der Waals surface area contributed by atoms with Gasteiger partial charge in [0.1, 0.15) is 11.5 Å². The van der Waals surface area contributed by atoms with E-state index in [2.05, 4.69) is 15.3 Å². The van der Waals surface area contributed by atoms with Crippen molar-refractivity contribution in [2.24, 2.45) is 0 Å². The number of fused-ring (bicyclic) bond motifs is 1. The summed E-state index contributed by atoms with van der Waals surface area (Å²) < 4.78 is 17.4. The summed E-state index contributed by atoms with van der Waals surface area (Å²) in [6.45, 7) is 2.55. The largest absolute Gasteiger partial charge is 0.497 e. The molecule has 2 aromatic carbocycles. The number of amides is 1. The quantitative estimate of drug-likeness (QED) is 0.432. The summed E-state index contributed by atoms with van der Waals surface area (Å²) in [7, 11) is 1.62. The fourth-order valence-corrected chi connectivity index (χ4v) is 3.84. The summed E-state index contributed by atoms with van der Waals surface area (Å²) in [4.78, 5) is 21.0. The monoisotopic (exact) mass is 423 g/mol. The number of ether oxygens (including phenoxy) is 2. The van der Waals surface area contributed by atoms with E-state index >= 15 is 0 Å². The van der Waals surface area contributed by atoms with Crippen LogP contribution in [-0.4, -0.2) is 29.6 Å². The standard InChI is InChI=1S/C22H21N3O4S/c1-3-28-16-8-9-17-19(12-16)30-22(24-17)25-20(26)10-11-21-23-13-18(29-21)14-4-6-15(27-2)7-5-14/h4-9,12-13H,3,10-11H2,1-2H3,(H,24,25,26). The molecule has 4 aromatic rings. The summed E-state index contributed by atoms with van der Waals surface area (Å²) in [5.41, 5.74) is 1.73. The molecule has 0 fully saturated rings. The molecule has 0 aliphatic heterocycles. The van der Waals surface area contributed by atoms with Crippen molar-refractivity contribution >= 4 is 32.6 Å². The first kappa shape index (κ1) is 19.9. The van der Waals surface area contributed by atoms with Crippen LogP contribution in [0.2, 0.25) is 0 Å². The molecule has 2 heterocycles. The van der Waals surface area contributed by atoms with Crippen molar-refractivity contribution in [1.82, 2.24) is 9.97 Å². The van der Waals surface area contributed by atoms with E-state index in [-0.39, 0.29) is 12.3 Å². The molecule has 8 heteroatoms. The van der Waals surface area contributed by atoms with Gasteiger partial charge in [-0.1, -0.05) is 11.3 Å². The lowest BCUT2D eigenvalue weighted by molar-refractivity contribution is -0.116. The molecule has 0 atom stereocenters. The Bertz CT molecular complexity index is 1150. The summed E-state index contributed by atoms with van der Waals surface area (Å²) >= 11 is 1.42. The van der Waals surface area contributed by atoms with Gasteiger partial charge in [-0.2, -0.15) is 0 Å². The van der Waals surface area contributed by atoms with Gasteiger partial charge >= 0.3 is 0 Å². The fourth-order valence-electron chi connectivity index (χ4n) is 2.93. The molecular formula is C22H21N3O4S. The second-order valence-electron chi connectivity index (χ2n) is 6.48. The maximum Gasteiger partial charge on any atom is 0.226 e. The number of anilines is 1. The van der Waals surface area contributed by atoms with Crippen molar-refractivity contribution in [3.8, 4) is 22.8 Å². The Balaban J connectivity index is 1.34. The Kier molecular flexibility index (Phi) is 5.94. The van der Waals surface area contributed by atoms with Crippen LogP contribution in [0.3, 0.4) is 0 Å². The first-order valence-corrected chi connectivity index (χ1v) is 10.4. The minimum absolute atomic E-state index is 0.136. The highest BCUT2D eigenvalue weighted by molar-refractivity contribution is 7.22. The molecule has 0 unspecified atom stereocenters. The molecule has 0 bridgehead atoms. The molecule has 30 heavy (non-hydrogen) atoms. The van der Waals surface area contributed by atoms with Crippen LogP contribution >= 0.6 is 11.3 Å². The van der Waals surface area contributed by atoms with E-state index < -0.39 is 0 Å². The van der Waals surface area contributed by atoms with Crippen LogP contribution in [0.25, 0.3) is 21.5 Å². The maximum absolute atomic E-state index is 12.3. The van der Waals surface area contributed by atoms with Crippen molar-refractivity contribution in [2.75, 3.05) is 19.0 Å². The van der Waals surface area contributed by atoms with Crippen LogP contribution in [-0.2, 0) is 11.2 Å². The first-order chi connectivity index (χ1) is 14.6. The normalized spacial score (nSPS) is 10.9. The molecule has 7 nitrogen and oxygen atoms in total. The molecule has 0 saturated heterocycles. The molecule has 2 aromatic heterocycles. The van der Waals surface area contributed by atoms with E-state index in [1.165, 1.54) is 11.3 Å². The van der Waals surface area contributed by atoms with Gasteiger partial charge in [0, 0.05) is 18.4 Å². The molecule has 0 radical (unpaired) electrons. The second kappa shape index (κ2) is 8.96. The van der Waals surface area contributed by atoms with Gasteiger partial charge in [-0.05, 0) is 49.4 Å². The third-order valence-electron chi connectivity index (χ3n) is 4.41. The number of thiazole rings is 1. The zero-order valence-corrected chi connectivity index (χ0v) is 17.5. The van der Waals surface area contributed by atoms with Crippen molar-refractivity contribution in [3.63, 3.8) is 0 Å². The highest BCUT2D eigenvalue weighted by Crippen LogP contribution is 2.29. The predicted octanol–water partition coefficient (Wildman–Crippen LogP) is 4.93. The van der Waals surface area contributed by atoms with Gasteiger partial charge in [0.05, 0.1) is 30.1 Å². The maximum atomic E-state index is 12.3. The minimum Gasteiger partial charge on any atom is -0.497 e. The molecular weight excluding hydrogens is 402 g/mol. The van der Waals surface area contributed by atoms with Crippen LogP contribution in [0.1, 0.15) is 19.2 Å². The molecule has 0 saturated carbocycles. The number of oxazole rings is 1. The average Bonchev–Trinajstić information content (AvgIpc) is 3.39. The van der Waals surface area contributed by atoms with Gasteiger partial charge in [0.2, 0.25) is 5.91 Å². The number of nitrogens with one attached hydrogen (secondary N) is 1. The highest BCUT2D eigenvalue weighted by Gasteiger charge is 2.12. The SMILES string of the molecule is CCOc1ccc2nc(NC(=O)CCc3ncc(-c4ccc(OC)cc4)o3)sc2c1. The Hall–Kier alpha value is -3.39. The fraction of sp³-hybridized carbons (Fsp3) is 0.227.